The van der Waals surface area contributed by atoms with E-state index in [1.54, 1.807) is 11.3 Å². The molecule has 1 aromatic heterocycles. The number of hydrogen-bond acceptors (Lipinski definition) is 4. The molecule has 17 heavy (non-hydrogen) atoms. The summed E-state index contributed by atoms with van der Waals surface area (Å²) in [4.78, 5) is 8.26. The van der Waals surface area contributed by atoms with Gasteiger partial charge in [0.2, 0.25) is 0 Å². The van der Waals surface area contributed by atoms with Gasteiger partial charge in [-0.1, -0.05) is 13.8 Å². The largest absolute Gasteiger partial charge is 0.362 e. The lowest BCUT2D eigenvalue weighted by molar-refractivity contribution is 0.215. The molecule has 0 atom stereocenters. The van der Waals surface area contributed by atoms with Crippen LogP contribution in [0.4, 0.5) is 5.13 Å². The molecule has 0 saturated carbocycles. The molecule has 98 valence electrons. The number of aromatic nitrogens is 1. The molecule has 0 bridgehead atoms. The third-order valence-electron chi connectivity index (χ3n) is 2.68. The van der Waals surface area contributed by atoms with Crippen LogP contribution in [-0.4, -0.2) is 29.0 Å². The molecule has 4 heteroatoms. The lowest BCUT2D eigenvalue weighted by atomic mass is 10.3. The third-order valence-corrected chi connectivity index (χ3v) is 3.62. The summed E-state index contributed by atoms with van der Waals surface area (Å²) in [5.74, 6) is 0. The Kier molecular flexibility index (Phi) is 6.52. The molecule has 1 heterocycles. The van der Waals surface area contributed by atoms with Crippen molar-refractivity contribution in [3.05, 3.63) is 11.1 Å². The van der Waals surface area contributed by atoms with Crippen LogP contribution >= 0.6 is 11.3 Å². The second kappa shape index (κ2) is 7.67. The lowest BCUT2D eigenvalue weighted by Gasteiger charge is -2.24. The third kappa shape index (κ3) is 5.04. The minimum Gasteiger partial charge on any atom is -0.362 e. The molecule has 0 aliphatic carbocycles. The van der Waals surface area contributed by atoms with E-state index < -0.39 is 0 Å². The van der Waals surface area contributed by atoms with Crippen LogP contribution < -0.4 is 5.32 Å². The van der Waals surface area contributed by atoms with Gasteiger partial charge in [0.25, 0.3) is 0 Å². The number of nitrogens with one attached hydrogen (secondary N) is 1. The van der Waals surface area contributed by atoms with E-state index in [1.807, 2.05) is 6.20 Å². The Morgan fingerprint density at radius 2 is 2.12 bits per heavy atom. The molecular weight excluding hydrogens is 230 g/mol. The number of anilines is 1. The van der Waals surface area contributed by atoms with Crippen molar-refractivity contribution >= 4 is 16.5 Å². The summed E-state index contributed by atoms with van der Waals surface area (Å²) in [6.45, 7) is 12.1. The zero-order valence-corrected chi connectivity index (χ0v) is 12.3. The molecule has 0 spiro atoms. The van der Waals surface area contributed by atoms with Crippen LogP contribution in [0.1, 0.15) is 45.4 Å². The Hall–Kier alpha value is -0.610. The van der Waals surface area contributed by atoms with Crippen molar-refractivity contribution in [3.8, 4) is 0 Å². The van der Waals surface area contributed by atoms with Gasteiger partial charge in [0.1, 0.15) is 0 Å². The summed E-state index contributed by atoms with van der Waals surface area (Å²) in [5.41, 5.74) is 0. The van der Waals surface area contributed by atoms with E-state index in [4.69, 9.17) is 0 Å². The summed E-state index contributed by atoms with van der Waals surface area (Å²) < 4.78 is 0. The fourth-order valence-corrected chi connectivity index (χ4v) is 2.57. The zero-order chi connectivity index (χ0) is 12.7. The second-order valence-electron chi connectivity index (χ2n) is 4.62. The number of hydrogen-bond donors (Lipinski definition) is 1. The van der Waals surface area contributed by atoms with E-state index in [9.17, 15) is 0 Å². The van der Waals surface area contributed by atoms with Crippen LogP contribution in [0.3, 0.4) is 0 Å². The second-order valence-corrected chi connectivity index (χ2v) is 5.74. The average Bonchev–Trinajstić information content (AvgIpc) is 2.73. The van der Waals surface area contributed by atoms with Gasteiger partial charge < -0.3 is 5.32 Å². The maximum Gasteiger partial charge on any atom is 0.182 e. The summed E-state index contributed by atoms with van der Waals surface area (Å²) >= 11 is 1.78. The smallest absolute Gasteiger partial charge is 0.182 e. The highest BCUT2D eigenvalue weighted by Gasteiger charge is 2.11. The predicted octanol–water partition coefficient (Wildman–Crippen LogP) is 3.59. The van der Waals surface area contributed by atoms with Crippen molar-refractivity contribution in [3.63, 3.8) is 0 Å². The maximum absolute atomic E-state index is 4.41. The Balaban J connectivity index is 2.51. The highest BCUT2D eigenvalue weighted by molar-refractivity contribution is 7.15. The van der Waals surface area contributed by atoms with Crippen molar-refractivity contribution in [2.75, 3.05) is 18.4 Å². The van der Waals surface area contributed by atoms with Crippen LogP contribution in [0.5, 0.6) is 0 Å². The van der Waals surface area contributed by atoms with E-state index in [1.165, 1.54) is 11.3 Å². The number of rotatable bonds is 8. The normalized spacial score (nSPS) is 11.4. The van der Waals surface area contributed by atoms with Gasteiger partial charge in [-0.25, -0.2) is 4.98 Å². The lowest BCUT2D eigenvalue weighted by Crippen LogP contribution is -2.30. The summed E-state index contributed by atoms with van der Waals surface area (Å²) in [6, 6.07) is 0.601. The molecule has 0 aliphatic rings. The first-order valence-electron chi connectivity index (χ1n) is 6.60. The van der Waals surface area contributed by atoms with Gasteiger partial charge in [-0.2, -0.15) is 0 Å². The minimum absolute atomic E-state index is 0.601. The van der Waals surface area contributed by atoms with Crippen molar-refractivity contribution in [1.29, 1.82) is 0 Å². The summed E-state index contributed by atoms with van der Waals surface area (Å²) in [6.07, 6.45) is 4.36. The van der Waals surface area contributed by atoms with E-state index in [0.717, 1.165) is 31.2 Å². The van der Waals surface area contributed by atoms with Gasteiger partial charge in [-0.15, -0.1) is 11.3 Å². The topological polar surface area (TPSA) is 28.2 Å². The van der Waals surface area contributed by atoms with E-state index in [-0.39, 0.29) is 0 Å². The van der Waals surface area contributed by atoms with Gasteiger partial charge in [-0.05, 0) is 33.2 Å². The summed E-state index contributed by atoms with van der Waals surface area (Å²) in [5, 5.41) is 4.40. The molecule has 1 aromatic rings. The Morgan fingerprint density at radius 1 is 1.35 bits per heavy atom. The van der Waals surface area contributed by atoms with Gasteiger partial charge in [0.15, 0.2) is 5.13 Å². The van der Waals surface area contributed by atoms with Crippen molar-refractivity contribution in [2.45, 2.75) is 53.1 Å². The SMILES string of the molecule is CCCNc1ncc(CN(CCC)C(C)C)s1. The molecule has 0 fully saturated rings. The maximum atomic E-state index is 4.41. The zero-order valence-electron chi connectivity index (χ0n) is 11.5. The fraction of sp³-hybridized carbons (Fsp3) is 0.769. The average molecular weight is 255 g/mol. The Labute approximate surface area is 109 Å². The highest BCUT2D eigenvalue weighted by atomic mass is 32.1. The first-order valence-corrected chi connectivity index (χ1v) is 7.41. The van der Waals surface area contributed by atoms with Crippen molar-refractivity contribution in [1.82, 2.24) is 9.88 Å². The van der Waals surface area contributed by atoms with E-state index in [2.05, 4.69) is 42.9 Å². The van der Waals surface area contributed by atoms with E-state index >= 15 is 0 Å². The minimum atomic E-state index is 0.601. The molecule has 1 N–H and O–H groups in total. The summed E-state index contributed by atoms with van der Waals surface area (Å²) in [7, 11) is 0. The quantitative estimate of drug-likeness (QED) is 0.769. The molecule has 0 aromatic carbocycles. The molecule has 3 nitrogen and oxygen atoms in total. The molecule has 0 amide bonds. The van der Waals surface area contributed by atoms with Crippen molar-refractivity contribution < 1.29 is 0 Å². The van der Waals surface area contributed by atoms with E-state index in [0.29, 0.717) is 6.04 Å². The van der Waals surface area contributed by atoms with Crippen LogP contribution in [0.15, 0.2) is 6.20 Å². The molecule has 0 aliphatic heterocycles. The standard InChI is InChI=1S/C13H25N3S/c1-5-7-14-13-15-9-12(17-13)10-16(8-6-2)11(3)4/h9,11H,5-8,10H2,1-4H3,(H,14,15). The molecule has 0 saturated heterocycles. The van der Waals surface area contributed by atoms with Crippen molar-refractivity contribution in [2.24, 2.45) is 0 Å². The number of nitrogens with zero attached hydrogens (tertiary/aromatic N) is 2. The first kappa shape index (κ1) is 14.5. The molecule has 0 unspecified atom stereocenters. The highest BCUT2D eigenvalue weighted by Crippen LogP contribution is 2.20. The van der Waals surface area contributed by atoms with Gasteiger partial charge in [0.05, 0.1) is 0 Å². The fourth-order valence-electron chi connectivity index (χ4n) is 1.70. The van der Waals surface area contributed by atoms with Gasteiger partial charge >= 0.3 is 0 Å². The Bertz CT molecular complexity index is 309. The van der Waals surface area contributed by atoms with Gasteiger partial charge in [0, 0.05) is 30.2 Å². The monoisotopic (exact) mass is 255 g/mol. The van der Waals surface area contributed by atoms with Crippen LogP contribution in [0, 0.1) is 0 Å². The van der Waals surface area contributed by atoms with Gasteiger partial charge in [-0.3, -0.25) is 4.90 Å². The molecular formula is C13H25N3S. The molecule has 0 radical (unpaired) electrons. The van der Waals surface area contributed by atoms with Crippen LogP contribution in [0.25, 0.3) is 0 Å². The van der Waals surface area contributed by atoms with Crippen LogP contribution in [0.2, 0.25) is 0 Å². The number of thiazole rings is 1. The Morgan fingerprint density at radius 3 is 2.71 bits per heavy atom. The predicted molar refractivity (Wildman–Crippen MR) is 76.7 cm³/mol. The first-order chi connectivity index (χ1) is 8.17. The van der Waals surface area contributed by atoms with Crippen LogP contribution in [-0.2, 0) is 6.54 Å². The molecule has 1 rings (SSSR count).